The summed E-state index contributed by atoms with van der Waals surface area (Å²) in [5.74, 6) is 0.472. The van der Waals surface area contributed by atoms with E-state index in [-0.39, 0.29) is 0 Å². The Bertz CT molecular complexity index is 352. The van der Waals surface area contributed by atoms with E-state index in [2.05, 4.69) is 38.0 Å². The minimum atomic E-state index is 0.472. The van der Waals surface area contributed by atoms with Crippen LogP contribution in [0.5, 0.6) is 0 Å². The molecule has 104 valence electrons. The van der Waals surface area contributed by atoms with Gasteiger partial charge >= 0.3 is 0 Å². The molecule has 18 heavy (non-hydrogen) atoms. The fraction of sp³-hybridized carbons (Fsp3) is 0.769. The Labute approximate surface area is 114 Å². The highest BCUT2D eigenvalue weighted by atomic mass is 32.1. The van der Waals surface area contributed by atoms with Crippen LogP contribution in [0.3, 0.4) is 0 Å². The van der Waals surface area contributed by atoms with E-state index in [1.807, 2.05) is 0 Å². The lowest BCUT2D eigenvalue weighted by Gasteiger charge is -2.14. The maximum Gasteiger partial charge on any atom is 0.185 e. The van der Waals surface area contributed by atoms with Gasteiger partial charge in [-0.15, -0.1) is 11.3 Å². The summed E-state index contributed by atoms with van der Waals surface area (Å²) in [7, 11) is 3.80. The molecule has 1 rings (SSSR count). The maximum atomic E-state index is 5.11. The number of likely N-dealkylation sites (N-methyl/N-ethyl adjacent to an activating group) is 1. The molecule has 0 saturated heterocycles. The van der Waals surface area contributed by atoms with Crippen LogP contribution in [0.1, 0.15) is 37.3 Å². The van der Waals surface area contributed by atoms with E-state index in [0.29, 0.717) is 5.92 Å². The van der Waals surface area contributed by atoms with Gasteiger partial charge in [-0.05, 0) is 12.5 Å². The summed E-state index contributed by atoms with van der Waals surface area (Å²) in [6, 6.07) is 0. The van der Waals surface area contributed by atoms with Gasteiger partial charge in [-0.3, -0.25) is 0 Å². The van der Waals surface area contributed by atoms with Crippen LogP contribution in [-0.2, 0) is 11.3 Å². The molecule has 0 bridgehead atoms. The third-order valence-corrected chi connectivity index (χ3v) is 3.94. The van der Waals surface area contributed by atoms with Crippen LogP contribution in [0.2, 0.25) is 0 Å². The molecule has 0 aliphatic rings. The molecule has 0 aromatic carbocycles. The molecule has 0 aliphatic carbocycles. The summed E-state index contributed by atoms with van der Waals surface area (Å²) < 4.78 is 5.11. The number of ether oxygens (including phenoxy) is 1. The fourth-order valence-electron chi connectivity index (χ4n) is 1.65. The van der Waals surface area contributed by atoms with Gasteiger partial charge in [0.15, 0.2) is 5.13 Å². The SMILES string of the molecule is CCNCc1sc(N(C)CCOC)nc1C(C)C. The summed E-state index contributed by atoms with van der Waals surface area (Å²) in [5.41, 5.74) is 1.22. The molecule has 0 saturated carbocycles. The third-order valence-electron chi connectivity index (χ3n) is 2.76. The second-order valence-electron chi connectivity index (χ2n) is 4.65. The van der Waals surface area contributed by atoms with Crippen LogP contribution in [-0.4, -0.2) is 38.8 Å². The third kappa shape index (κ3) is 4.23. The Kier molecular flexibility index (Phi) is 6.60. The zero-order valence-electron chi connectivity index (χ0n) is 12.1. The number of anilines is 1. The van der Waals surface area contributed by atoms with Crippen LogP contribution < -0.4 is 10.2 Å². The number of methoxy groups -OCH3 is 1. The van der Waals surface area contributed by atoms with Crippen LogP contribution in [0.4, 0.5) is 5.13 Å². The molecule has 1 aromatic heterocycles. The van der Waals surface area contributed by atoms with E-state index < -0.39 is 0 Å². The highest BCUT2D eigenvalue weighted by molar-refractivity contribution is 7.15. The fourth-order valence-corrected chi connectivity index (χ4v) is 2.83. The molecule has 4 nitrogen and oxygen atoms in total. The van der Waals surface area contributed by atoms with Crippen LogP contribution >= 0.6 is 11.3 Å². The van der Waals surface area contributed by atoms with Gasteiger partial charge in [-0.1, -0.05) is 20.8 Å². The quantitative estimate of drug-likeness (QED) is 0.788. The first kappa shape index (κ1) is 15.4. The highest BCUT2D eigenvalue weighted by Gasteiger charge is 2.15. The van der Waals surface area contributed by atoms with Crippen molar-refractivity contribution in [1.29, 1.82) is 0 Å². The van der Waals surface area contributed by atoms with Gasteiger partial charge in [0.1, 0.15) is 0 Å². The Balaban J connectivity index is 2.80. The largest absolute Gasteiger partial charge is 0.383 e. The molecule has 0 unspecified atom stereocenters. The second-order valence-corrected chi connectivity index (χ2v) is 5.72. The van der Waals surface area contributed by atoms with Gasteiger partial charge < -0.3 is 15.0 Å². The first-order chi connectivity index (χ1) is 8.60. The predicted molar refractivity (Wildman–Crippen MR) is 78.7 cm³/mol. The van der Waals surface area contributed by atoms with Crippen LogP contribution in [0, 0.1) is 0 Å². The van der Waals surface area contributed by atoms with Crippen molar-refractivity contribution in [2.45, 2.75) is 33.2 Å². The van der Waals surface area contributed by atoms with Crippen molar-refractivity contribution in [3.8, 4) is 0 Å². The van der Waals surface area contributed by atoms with Crippen molar-refractivity contribution < 1.29 is 4.74 Å². The first-order valence-corrected chi connectivity index (χ1v) is 7.32. The zero-order chi connectivity index (χ0) is 13.5. The molecule has 0 amide bonds. The van der Waals surface area contributed by atoms with E-state index in [0.717, 1.165) is 31.4 Å². The summed E-state index contributed by atoms with van der Waals surface area (Å²) in [6.45, 7) is 10.0. The number of rotatable bonds is 8. The van der Waals surface area contributed by atoms with Gasteiger partial charge in [0.25, 0.3) is 0 Å². The number of hydrogen-bond donors (Lipinski definition) is 1. The molecular formula is C13H25N3OS. The molecule has 0 aliphatic heterocycles. The molecule has 1 heterocycles. The smallest absolute Gasteiger partial charge is 0.185 e. The van der Waals surface area contributed by atoms with Crippen LogP contribution in [0.25, 0.3) is 0 Å². The minimum Gasteiger partial charge on any atom is -0.383 e. The summed E-state index contributed by atoms with van der Waals surface area (Å²) in [5, 5.41) is 4.47. The van der Waals surface area contributed by atoms with Gasteiger partial charge in [-0.25, -0.2) is 4.98 Å². The van der Waals surface area contributed by atoms with E-state index in [9.17, 15) is 0 Å². The standard InChI is InChI=1S/C13H25N3OS/c1-6-14-9-11-12(10(2)3)15-13(18-11)16(4)7-8-17-5/h10,14H,6-9H2,1-5H3. The lowest BCUT2D eigenvalue weighted by atomic mass is 10.1. The lowest BCUT2D eigenvalue weighted by Crippen LogP contribution is -2.21. The van der Waals surface area contributed by atoms with E-state index in [4.69, 9.17) is 9.72 Å². The number of thiazole rings is 1. The topological polar surface area (TPSA) is 37.4 Å². The van der Waals surface area contributed by atoms with Gasteiger partial charge in [0, 0.05) is 32.1 Å². The minimum absolute atomic E-state index is 0.472. The molecule has 0 atom stereocenters. The Hall–Kier alpha value is -0.650. The molecule has 1 aromatic rings. The second kappa shape index (κ2) is 7.71. The van der Waals surface area contributed by atoms with Crippen molar-refractivity contribution in [1.82, 2.24) is 10.3 Å². The van der Waals surface area contributed by atoms with E-state index >= 15 is 0 Å². The van der Waals surface area contributed by atoms with E-state index in [1.165, 1.54) is 10.6 Å². The summed E-state index contributed by atoms with van der Waals surface area (Å²) in [6.07, 6.45) is 0. The van der Waals surface area contributed by atoms with Crippen molar-refractivity contribution >= 4 is 16.5 Å². The van der Waals surface area contributed by atoms with Gasteiger partial charge in [0.2, 0.25) is 0 Å². The lowest BCUT2D eigenvalue weighted by molar-refractivity contribution is 0.206. The monoisotopic (exact) mass is 271 g/mol. The summed E-state index contributed by atoms with van der Waals surface area (Å²) in [4.78, 5) is 8.28. The van der Waals surface area contributed by atoms with E-state index in [1.54, 1.807) is 18.4 Å². The molecular weight excluding hydrogens is 246 g/mol. The van der Waals surface area contributed by atoms with Crippen molar-refractivity contribution in [2.75, 3.05) is 38.8 Å². The summed E-state index contributed by atoms with van der Waals surface area (Å²) >= 11 is 1.78. The Morgan fingerprint density at radius 1 is 1.44 bits per heavy atom. The highest BCUT2D eigenvalue weighted by Crippen LogP contribution is 2.30. The Morgan fingerprint density at radius 2 is 2.17 bits per heavy atom. The maximum absolute atomic E-state index is 5.11. The van der Waals surface area contributed by atoms with Crippen LogP contribution in [0.15, 0.2) is 0 Å². The Morgan fingerprint density at radius 3 is 2.72 bits per heavy atom. The average Bonchev–Trinajstić information content (AvgIpc) is 2.77. The van der Waals surface area contributed by atoms with Crippen molar-refractivity contribution in [3.63, 3.8) is 0 Å². The van der Waals surface area contributed by atoms with Crippen molar-refractivity contribution in [2.24, 2.45) is 0 Å². The number of hydrogen-bond acceptors (Lipinski definition) is 5. The first-order valence-electron chi connectivity index (χ1n) is 6.50. The molecule has 5 heteroatoms. The van der Waals surface area contributed by atoms with Gasteiger partial charge in [-0.2, -0.15) is 0 Å². The average molecular weight is 271 g/mol. The molecule has 0 fully saturated rings. The predicted octanol–water partition coefficient (Wildman–Crippen LogP) is 2.46. The zero-order valence-corrected chi connectivity index (χ0v) is 12.9. The molecule has 0 radical (unpaired) electrons. The number of nitrogens with zero attached hydrogens (tertiary/aromatic N) is 2. The molecule has 0 spiro atoms. The molecule has 1 N–H and O–H groups in total. The van der Waals surface area contributed by atoms with Gasteiger partial charge in [0.05, 0.1) is 12.3 Å². The normalized spacial score (nSPS) is 11.2. The number of aromatic nitrogens is 1. The van der Waals surface area contributed by atoms with Crippen molar-refractivity contribution in [3.05, 3.63) is 10.6 Å². The number of nitrogens with one attached hydrogen (secondary N) is 1.